The number of phosphoric acid groups is 2. The lowest BCUT2D eigenvalue weighted by atomic mass is 10.0. The molecule has 1 aliphatic heterocycles. The molecule has 7 N–H and O–H groups in total. The van der Waals surface area contributed by atoms with Crippen molar-refractivity contribution in [2.24, 2.45) is 5.92 Å². The Morgan fingerprint density at radius 1 is 0.739 bits per heavy atom. The normalized spacial score (nSPS) is 19.8. The smallest absolute Gasteiger partial charge is 0.462 e. The van der Waals surface area contributed by atoms with Gasteiger partial charge in [0.1, 0.15) is 30.7 Å². The van der Waals surface area contributed by atoms with Crippen LogP contribution in [0.3, 0.4) is 0 Å². The third-order valence-corrected chi connectivity index (χ3v) is 13.5. The van der Waals surface area contributed by atoms with E-state index in [0.29, 0.717) is 19.3 Å². The second-order valence-electron chi connectivity index (χ2n) is 17.5. The third-order valence-electron chi connectivity index (χ3n) is 10.9. The molecule has 0 bridgehead atoms. The average Bonchev–Trinajstić information content (AvgIpc) is 3.57. The standard InChI is InChI=1S/C48H81N3O16P2/c1-39(2)30-26-22-18-14-11-12-16-20-24-28-32-44(54)65-40(36-62-43(53)31-27-23-19-15-10-8-6-4-3-5-7-9-13-17-21-25-29-35-52)37-63-68(58,59)67-69(60,61)64-38-41-45(55)46(56)47(66-41)51-34-33-42(49)50-48(51)57/h3,5-6,8-9,13,15,19,33-34,39-41,45-47,52,55-56H,4,7,10-12,14,16-18,20-32,35-38H2,1-2H3,(H,58,59)(H,60,61)(H2,49,50,57)/b5-3-,8-6-,13-9-,19-15-/t40-,41-,45-,46-,47-/m1/s1. The Balaban J connectivity index is 1.83. The van der Waals surface area contributed by atoms with E-state index < -0.39 is 83.7 Å². The van der Waals surface area contributed by atoms with E-state index in [1.807, 2.05) is 12.2 Å². The number of rotatable bonds is 40. The van der Waals surface area contributed by atoms with Gasteiger partial charge in [0.2, 0.25) is 0 Å². The van der Waals surface area contributed by atoms with Gasteiger partial charge in [0.15, 0.2) is 12.3 Å². The quantitative estimate of drug-likeness (QED) is 0.0155. The second kappa shape index (κ2) is 36.6. The van der Waals surface area contributed by atoms with Gasteiger partial charge in [0.25, 0.3) is 0 Å². The van der Waals surface area contributed by atoms with Gasteiger partial charge in [-0.25, -0.2) is 13.9 Å². The number of hydrogen-bond donors (Lipinski definition) is 6. The van der Waals surface area contributed by atoms with E-state index in [0.717, 1.165) is 87.3 Å². The van der Waals surface area contributed by atoms with Crippen molar-refractivity contribution < 1.29 is 71.4 Å². The number of aliphatic hydroxyl groups is 3. The maximum Gasteiger partial charge on any atom is 0.481 e. The number of anilines is 1. The number of aromatic nitrogens is 2. The lowest BCUT2D eigenvalue weighted by molar-refractivity contribution is -0.161. The number of aliphatic hydroxyl groups excluding tert-OH is 3. The highest BCUT2D eigenvalue weighted by Crippen LogP contribution is 2.60. The highest BCUT2D eigenvalue weighted by molar-refractivity contribution is 7.61. The van der Waals surface area contributed by atoms with Crippen molar-refractivity contribution in [3.63, 3.8) is 0 Å². The summed E-state index contributed by atoms with van der Waals surface area (Å²) in [5.74, 6) is -0.641. The number of hydrogen-bond acceptors (Lipinski definition) is 16. The number of phosphoric ester groups is 2. The van der Waals surface area contributed by atoms with Gasteiger partial charge in [0.05, 0.1) is 13.2 Å². The molecule has 1 aromatic rings. The first-order valence-electron chi connectivity index (χ1n) is 24.6. The Hall–Kier alpha value is -3.32. The summed E-state index contributed by atoms with van der Waals surface area (Å²) in [5, 5.41) is 29.7. The Morgan fingerprint density at radius 3 is 1.87 bits per heavy atom. The first kappa shape index (κ1) is 61.8. The molecule has 0 spiro atoms. The number of nitrogens with two attached hydrogens (primary N) is 1. The predicted octanol–water partition coefficient (Wildman–Crippen LogP) is 8.61. The Labute approximate surface area is 408 Å². The summed E-state index contributed by atoms with van der Waals surface area (Å²) < 4.78 is 56.6. The van der Waals surface area contributed by atoms with Gasteiger partial charge in [-0.1, -0.05) is 133 Å². The van der Waals surface area contributed by atoms with Crippen LogP contribution in [0.5, 0.6) is 0 Å². The van der Waals surface area contributed by atoms with Crippen molar-refractivity contribution in [3.05, 3.63) is 71.4 Å². The van der Waals surface area contributed by atoms with Crippen LogP contribution in [0.15, 0.2) is 65.7 Å². The van der Waals surface area contributed by atoms with Crippen molar-refractivity contribution in [1.29, 1.82) is 0 Å². The molecule has 2 heterocycles. The van der Waals surface area contributed by atoms with Crippen LogP contribution in [0.25, 0.3) is 0 Å². The Bertz CT molecular complexity index is 1860. The van der Waals surface area contributed by atoms with Gasteiger partial charge in [-0.3, -0.25) is 23.2 Å². The average molecular weight is 1020 g/mol. The maximum atomic E-state index is 12.8. The lowest BCUT2D eigenvalue weighted by Crippen LogP contribution is -2.36. The van der Waals surface area contributed by atoms with Crippen LogP contribution in [-0.2, 0) is 46.3 Å². The topological polar surface area (TPSA) is 286 Å². The van der Waals surface area contributed by atoms with E-state index in [4.69, 9.17) is 34.1 Å². The Morgan fingerprint density at radius 2 is 1.28 bits per heavy atom. The van der Waals surface area contributed by atoms with Crippen LogP contribution in [0.1, 0.15) is 161 Å². The van der Waals surface area contributed by atoms with Crippen LogP contribution >= 0.6 is 15.6 Å². The van der Waals surface area contributed by atoms with Gasteiger partial charge in [-0.15, -0.1) is 0 Å². The molecule has 69 heavy (non-hydrogen) atoms. The summed E-state index contributed by atoms with van der Waals surface area (Å²) in [6, 6.07) is 1.24. The minimum absolute atomic E-state index is 0.0327. The number of nitrogens with zero attached hydrogens (tertiary/aromatic N) is 2. The number of ether oxygens (including phenoxy) is 3. The second-order valence-corrected chi connectivity index (χ2v) is 20.6. The Kier molecular flexibility index (Phi) is 32.8. The van der Waals surface area contributed by atoms with E-state index in [2.05, 4.69) is 59.6 Å². The van der Waals surface area contributed by atoms with Gasteiger partial charge in [-0.05, 0) is 69.8 Å². The number of carbonyl (C=O) groups is 2. The molecule has 0 radical (unpaired) electrons. The molecule has 1 fully saturated rings. The van der Waals surface area contributed by atoms with E-state index in [1.54, 1.807) is 0 Å². The molecule has 1 aromatic heterocycles. The highest BCUT2D eigenvalue weighted by atomic mass is 31.3. The van der Waals surface area contributed by atoms with Crippen molar-refractivity contribution >= 4 is 33.4 Å². The van der Waals surface area contributed by atoms with Gasteiger partial charge in [0, 0.05) is 25.6 Å². The summed E-state index contributed by atoms with van der Waals surface area (Å²) in [5.41, 5.74) is 4.58. The SMILES string of the molecule is CC(C)CCCCCCCCCCCCC(=O)O[C@H](COC(=O)CCC/C=C\C/C=C\C/C=C\C/C=C\CCCCCO)COP(=O)(O)OP(=O)(O)OC[C@H]1O[C@@H](n2ccc(N)nc2=O)[C@H](O)[C@@H]1O. The zero-order chi connectivity index (χ0) is 50.8. The largest absolute Gasteiger partial charge is 0.481 e. The van der Waals surface area contributed by atoms with Crippen molar-refractivity contribution in [2.45, 2.75) is 186 Å². The molecule has 2 unspecified atom stereocenters. The van der Waals surface area contributed by atoms with Crippen LogP contribution in [0.4, 0.5) is 5.82 Å². The van der Waals surface area contributed by atoms with E-state index in [-0.39, 0.29) is 25.3 Å². The molecule has 0 saturated carbocycles. The lowest BCUT2D eigenvalue weighted by Gasteiger charge is -2.21. The van der Waals surface area contributed by atoms with E-state index >= 15 is 0 Å². The van der Waals surface area contributed by atoms with Crippen LogP contribution < -0.4 is 11.4 Å². The summed E-state index contributed by atoms with van der Waals surface area (Å²) in [6.45, 7) is 2.37. The highest BCUT2D eigenvalue weighted by Gasteiger charge is 2.46. The van der Waals surface area contributed by atoms with Crippen LogP contribution in [0, 0.1) is 5.92 Å². The molecule has 0 aliphatic carbocycles. The third kappa shape index (κ3) is 30.2. The summed E-state index contributed by atoms with van der Waals surface area (Å²) in [7, 11) is -10.9. The van der Waals surface area contributed by atoms with E-state index in [9.17, 15) is 43.5 Å². The number of carbonyl (C=O) groups excluding carboxylic acids is 2. The predicted molar refractivity (Wildman–Crippen MR) is 262 cm³/mol. The zero-order valence-electron chi connectivity index (χ0n) is 40.7. The molecule has 394 valence electrons. The van der Waals surface area contributed by atoms with Crippen molar-refractivity contribution in [3.8, 4) is 0 Å². The molecule has 1 saturated heterocycles. The number of esters is 2. The molecule has 0 amide bonds. The zero-order valence-corrected chi connectivity index (χ0v) is 42.5. The van der Waals surface area contributed by atoms with Gasteiger partial charge in [-0.2, -0.15) is 9.29 Å². The number of unbranched alkanes of at least 4 members (excludes halogenated alkanes) is 13. The van der Waals surface area contributed by atoms with E-state index in [1.165, 1.54) is 44.6 Å². The fraction of sp³-hybridized carbons (Fsp3) is 0.708. The molecule has 2 rings (SSSR count). The van der Waals surface area contributed by atoms with Crippen molar-refractivity contribution in [1.82, 2.24) is 9.55 Å². The monoisotopic (exact) mass is 1020 g/mol. The van der Waals surface area contributed by atoms with Gasteiger partial charge < -0.3 is 45.1 Å². The van der Waals surface area contributed by atoms with Crippen molar-refractivity contribution in [2.75, 3.05) is 32.2 Å². The fourth-order valence-electron chi connectivity index (χ4n) is 7.06. The molecular weight excluding hydrogens is 936 g/mol. The first-order chi connectivity index (χ1) is 33.0. The summed E-state index contributed by atoms with van der Waals surface area (Å²) in [6.07, 6.45) is 29.5. The minimum atomic E-state index is -5.44. The molecule has 19 nitrogen and oxygen atoms in total. The molecule has 21 heteroatoms. The molecule has 7 atom stereocenters. The maximum absolute atomic E-state index is 12.8. The van der Waals surface area contributed by atoms with Crippen LogP contribution in [-0.4, -0.2) is 97.4 Å². The molecular formula is C48H81N3O16P2. The fourth-order valence-corrected chi connectivity index (χ4v) is 9.17. The minimum Gasteiger partial charge on any atom is -0.462 e. The summed E-state index contributed by atoms with van der Waals surface area (Å²) >= 11 is 0. The van der Waals surface area contributed by atoms with Gasteiger partial charge >= 0.3 is 33.3 Å². The molecule has 0 aromatic carbocycles. The summed E-state index contributed by atoms with van der Waals surface area (Å²) in [4.78, 5) is 61.8. The molecule has 1 aliphatic rings. The first-order valence-corrected chi connectivity index (χ1v) is 27.6. The number of allylic oxidation sites excluding steroid dienone is 8. The van der Waals surface area contributed by atoms with Crippen LogP contribution in [0.2, 0.25) is 0 Å². The number of nitrogen functional groups attached to an aromatic ring is 1.